The Bertz CT molecular complexity index is 503. The molecule has 3 aliphatic heterocycles. The Morgan fingerprint density at radius 1 is 1.35 bits per heavy atom. The largest absolute Gasteiger partial charge is 0.381 e. The van der Waals surface area contributed by atoms with Crippen LogP contribution in [0.15, 0.2) is 28.4 Å². The van der Waals surface area contributed by atoms with E-state index in [9.17, 15) is 0 Å². The summed E-state index contributed by atoms with van der Waals surface area (Å²) in [6.07, 6.45) is 12.0. The van der Waals surface area contributed by atoms with E-state index >= 15 is 0 Å². The Morgan fingerprint density at radius 2 is 2.22 bits per heavy atom. The van der Waals surface area contributed by atoms with Gasteiger partial charge in [-0.3, -0.25) is 4.99 Å². The Morgan fingerprint density at radius 3 is 2.91 bits per heavy atom. The van der Waals surface area contributed by atoms with E-state index in [-0.39, 0.29) is 6.10 Å². The molecule has 3 heterocycles. The third-order valence-electron chi connectivity index (χ3n) is 5.31. The average molecular weight is 317 g/mol. The summed E-state index contributed by atoms with van der Waals surface area (Å²) in [7, 11) is 1.81. The van der Waals surface area contributed by atoms with Crippen molar-refractivity contribution < 1.29 is 4.74 Å². The van der Waals surface area contributed by atoms with Crippen molar-refractivity contribution in [2.75, 3.05) is 13.7 Å². The summed E-state index contributed by atoms with van der Waals surface area (Å²) in [5, 5.41) is 7.28. The molecule has 0 spiro atoms. The minimum Gasteiger partial charge on any atom is -0.381 e. The van der Waals surface area contributed by atoms with Crippen molar-refractivity contribution in [3.63, 3.8) is 0 Å². The monoisotopic (exact) mass is 317 g/mol. The second-order valence-electron chi connectivity index (χ2n) is 7.04. The highest BCUT2D eigenvalue weighted by atomic mass is 16.5. The molecule has 128 valence electrons. The Labute approximate surface area is 140 Å². The smallest absolute Gasteiger partial charge is 0.0973 e. The molecule has 4 heteroatoms. The minimum atomic E-state index is 0.163. The van der Waals surface area contributed by atoms with Gasteiger partial charge < -0.3 is 15.4 Å². The molecule has 0 amide bonds. The van der Waals surface area contributed by atoms with E-state index in [2.05, 4.69) is 36.6 Å². The maximum Gasteiger partial charge on any atom is 0.0973 e. The van der Waals surface area contributed by atoms with Gasteiger partial charge in [0.05, 0.1) is 18.2 Å². The van der Waals surface area contributed by atoms with Gasteiger partial charge in [-0.2, -0.15) is 0 Å². The van der Waals surface area contributed by atoms with E-state index in [0.29, 0.717) is 18.1 Å². The molecule has 0 aromatic heterocycles. The predicted octanol–water partition coefficient (Wildman–Crippen LogP) is 2.96. The first kappa shape index (κ1) is 16.7. The average Bonchev–Trinajstić information content (AvgIpc) is 3.25. The molecular weight excluding hydrogens is 286 g/mol. The van der Waals surface area contributed by atoms with Crippen LogP contribution >= 0.6 is 0 Å². The van der Waals surface area contributed by atoms with E-state index in [1.165, 1.54) is 49.1 Å². The summed E-state index contributed by atoms with van der Waals surface area (Å²) < 4.78 is 5.71. The topological polar surface area (TPSA) is 45.6 Å². The van der Waals surface area contributed by atoms with Crippen LogP contribution in [-0.4, -0.2) is 43.6 Å². The second kappa shape index (κ2) is 7.63. The summed E-state index contributed by atoms with van der Waals surface area (Å²) in [6, 6.07) is 1.13. The summed E-state index contributed by atoms with van der Waals surface area (Å²) in [5.74, 6) is 0. The van der Waals surface area contributed by atoms with E-state index in [0.717, 1.165) is 13.0 Å². The molecule has 1 saturated heterocycles. The number of hydrogen-bond donors (Lipinski definition) is 2. The molecular formula is C19H31N3O. The maximum absolute atomic E-state index is 5.71. The first-order chi connectivity index (χ1) is 11.2. The molecule has 0 bridgehead atoms. The van der Waals surface area contributed by atoms with Gasteiger partial charge in [0, 0.05) is 24.6 Å². The standard InChI is InChI=1S/C19H31N3O/c1-4-5-7-14-10-15(21-13(14)2)11-18-19(23-3)12-17(22-18)16-8-6-9-20-16/h10,12,15-16,18-20,22H,4-9,11H2,1-3H3. The molecule has 3 aliphatic rings. The Kier molecular flexibility index (Phi) is 5.54. The molecule has 3 rings (SSSR count). The fourth-order valence-corrected chi connectivity index (χ4v) is 3.96. The number of unbranched alkanes of at least 4 members (excludes halogenated alkanes) is 1. The van der Waals surface area contributed by atoms with Gasteiger partial charge in [0.2, 0.25) is 0 Å². The van der Waals surface area contributed by atoms with Crippen LogP contribution in [0.1, 0.15) is 52.4 Å². The van der Waals surface area contributed by atoms with Crippen LogP contribution in [0, 0.1) is 0 Å². The fourth-order valence-electron chi connectivity index (χ4n) is 3.96. The van der Waals surface area contributed by atoms with E-state index in [1.807, 2.05) is 7.11 Å². The lowest BCUT2D eigenvalue weighted by atomic mass is 10.0. The maximum atomic E-state index is 5.71. The number of methoxy groups -OCH3 is 1. The van der Waals surface area contributed by atoms with Gasteiger partial charge in [-0.05, 0) is 57.2 Å². The first-order valence-corrected chi connectivity index (χ1v) is 9.21. The predicted molar refractivity (Wildman–Crippen MR) is 96.0 cm³/mol. The molecule has 4 nitrogen and oxygen atoms in total. The van der Waals surface area contributed by atoms with Crippen molar-refractivity contribution in [2.45, 2.75) is 76.6 Å². The van der Waals surface area contributed by atoms with Gasteiger partial charge in [0.25, 0.3) is 0 Å². The van der Waals surface area contributed by atoms with Crippen LogP contribution < -0.4 is 10.6 Å². The SMILES string of the molecule is CCCCC1=CC(CC2NC(C3CCCN3)=CC2OC)N=C1C. The van der Waals surface area contributed by atoms with E-state index in [1.54, 1.807) is 0 Å². The number of hydrogen-bond acceptors (Lipinski definition) is 4. The molecule has 0 aromatic rings. The van der Waals surface area contributed by atoms with E-state index < -0.39 is 0 Å². The summed E-state index contributed by atoms with van der Waals surface area (Å²) in [5.41, 5.74) is 4.02. The quantitative estimate of drug-likeness (QED) is 0.759. The van der Waals surface area contributed by atoms with Crippen LogP contribution in [-0.2, 0) is 4.74 Å². The third kappa shape index (κ3) is 3.86. The normalized spacial score (nSPS) is 33.4. The number of rotatable bonds is 7. The lowest BCUT2D eigenvalue weighted by Crippen LogP contribution is -2.38. The van der Waals surface area contributed by atoms with Gasteiger partial charge >= 0.3 is 0 Å². The number of aliphatic imine (C=N–C) groups is 1. The van der Waals surface area contributed by atoms with Gasteiger partial charge in [-0.1, -0.05) is 19.4 Å². The van der Waals surface area contributed by atoms with E-state index in [4.69, 9.17) is 9.73 Å². The highest BCUT2D eigenvalue weighted by Crippen LogP contribution is 2.27. The summed E-state index contributed by atoms with van der Waals surface area (Å²) in [6.45, 7) is 5.53. The summed E-state index contributed by atoms with van der Waals surface area (Å²) >= 11 is 0. The lowest BCUT2D eigenvalue weighted by Gasteiger charge is -2.22. The lowest BCUT2D eigenvalue weighted by molar-refractivity contribution is 0.115. The first-order valence-electron chi connectivity index (χ1n) is 9.21. The number of nitrogens with one attached hydrogen (secondary N) is 2. The van der Waals surface area contributed by atoms with Crippen molar-refractivity contribution in [1.82, 2.24) is 10.6 Å². The Hall–Kier alpha value is -1.13. The van der Waals surface area contributed by atoms with Gasteiger partial charge in [0.15, 0.2) is 0 Å². The molecule has 0 radical (unpaired) electrons. The van der Waals surface area contributed by atoms with Crippen LogP contribution in [0.5, 0.6) is 0 Å². The summed E-state index contributed by atoms with van der Waals surface area (Å²) in [4.78, 5) is 4.87. The highest BCUT2D eigenvalue weighted by molar-refractivity contribution is 6.00. The molecule has 2 N–H and O–H groups in total. The minimum absolute atomic E-state index is 0.163. The van der Waals surface area contributed by atoms with Crippen molar-refractivity contribution in [3.05, 3.63) is 23.4 Å². The van der Waals surface area contributed by atoms with Crippen LogP contribution in [0.2, 0.25) is 0 Å². The van der Waals surface area contributed by atoms with Crippen molar-refractivity contribution in [1.29, 1.82) is 0 Å². The van der Waals surface area contributed by atoms with Gasteiger partial charge in [-0.15, -0.1) is 0 Å². The number of nitrogens with zero attached hydrogens (tertiary/aromatic N) is 1. The highest BCUT2D eigenvalue weighted by Gasteiger charge is 2.33. The second-order valence-corrected chi connectivity index (χ2v) is 7.04. The molecule has 4 atom stereocenters. The van der Waals surface area contributed by atoms with Crippen molar-refractivity contribution in [3.8, 4) is 0 Å². The van der Waals surface area contributed by atoms with Crippen molar-refractivity contribution >= 4 is 5.71 Å². The van der Waals surface area contributed by atoms with Crippen molar-refractivity contribution in [2.24, 2.45) is 4.99 Å². The molecule has 1 fully saturated rings. The molecule has 23 heavy (non-hydrogen) atoms. The number of ether oxygens (including phenoxy) is 1. The molecule has 0 aromatic carbocycles. The zero-order valence-electron chi connectivity index (χ0n) is 14.8. The Balaban J connectivity index is 1.59. The third-order valence-corrected chi connectivity index (χ3v) is 5.31. The van der Waals surface area contributed by atoms with Crippen LogP contribution in [0.25, 0.3) is 0 Å². The van der Waals surface area contributed by atoms with Gasteiger partial charge in [0.1, 0.15) is 0 Å². The van der Waals surface area contributed by atoms with Crippen LogP contribution in [0.4, 0.5) is 0 Å². The molecule has 0 saturated carbocycles. The van der Waals surface area contributed by atoms with Crippen LogP contribution in [0.3, 0.4) is 0 Å². The molecule has 0 aliphatic carbocycles. The zero-order chi connectivity index (χ0) is 16.2. The number of allylic oxidation sites excluding steroid dienone is 1. The zero-order valence-corrected chi connectivity index (χ0v) is 14.8. The molecule has 4 unspecified atom stereocenters. The fraction of sp³-hybridized carbons (Fsp3) is 0.737. The van der Waals surface area contributed by atoms with Gasteiger partial charge in [-0.25, -0.2) is 0 Å².